The van der Waals surface area contributed by atoms with Gasteiger partial charge in [-0.2, -0.15) is 0 Å². The summed E-state index contributed by atoms with van der Waals surface area (Å²) in [5, 5.41) is 2.90. The fourth-order valence-corrected chi connectivity index (χ4v) is 3.81. The van der Waals surface area contributed by atoms with Gasteiger partial charge in [0.05, 0.1) is 5.56 Å². The second-order valence-electron chi connectivity index (χ2n) is 7.05. The number of nitrogens with zero attached hydrogens (tertiary/aromatic N) is 3. The molecule has 1 N–H and O–H groups in total. The number of ether oxygens (including phenoxy) is 1. The first-order valence-electron chi connectivity index (χ1n) is 9.76. The summed E-state index contributed by atoms with van der Waals surface area (Å²) < 4.78 is 8.92. The Hall–Kier alpha value is -3.45. The first kappa shape index (κ1) is 20.8. The summed E-state index contributed by atoms with van der Waals surface area (Å²) in [5.74, 6) is 0.657. The van der Waals surface area contributed by atoms with Crippen LogP contribution < -0.4 is 10.1 Å². The maximum absolute atomic E-state index is 13.1. The maximum atomic E-state index is 13.1. The highest BCUT2D eigenvalue weighted by molar-refractivity contribution is 9.10. The van der Waals surface area contributed by atoms with Crippen LogP contribution in [0.2, 0.25) is 0 Å². The highest BCUT2D eigenvalue weighted by Crippen LogP contribution is 2.26. The molecule has 0 aliphatic carbocycles. The number of aromatic nitrogens is 3. The van der Waals surface area contributed by atoms with E-state index in [1.54, 1.807) is 30.7 Å². The molecule has 0 saturated heterocycles. The van der Waals surface area contributed by atoms with Crippen LogP contribution in [0.25, 0.3) is 5.69 Å². The van der Waals surface area contributed by atoms with Crippen molar-refractivity contribution in [3.05, 3.63) is 100 Å². The highest BCUT2D eigenvalue weighted by atomic mass is 79.9. The molecule has 3 aromatic heterocycles. The number of pyridine rings is 2. The quantitative estimate of drug-likeness (QED) is 0.400. The number of hydrogen-bond acceptors (Lipinski definition) is 4. The zero-order chi connectivity index (χ0) is 21.8. The monoisotopic (exact) mass is 476 g/mol. The fourth-order valence-electron chi connectivity index (χ4n) is 3.42. The molecule has 0 aliphatic heterocycles. The number of halogens is 1. The molecule has 31 heavy (non-hydrogen) atoms. The van der Waals surface area contributed by atoms with Gasteiger partial charge >= 0.3 is 0 Å². The van der Waals surface area contributed by atoms with Gasteiger partial charge in [0.2, 0.25) is 0 Å². The molecule has 0 saturated carbocycles. The van der Waals surface area contributed by atoms with Crippen LogP contribution in [-0.2, 0) is 6.61 Å². The summed E-state index contributed by atoms with van der Waals surface area (Å²) in [4.78, 5) is 21.4. The van der Waals surface area contributed by atoms with Crippen LogP contribution in [0.15, 0.2) is 77.7 Å². The van der Waals surface area contributed by atoms with Crippen molar-refractivity contribution >= 4 is 27.7 Å². The number of nitrogens with one attached hydrogen (secondary N) is 1. The lowest BCUT2D eigenvalue weighted by atomic mass is 10.2. The van der Waals surface area contributed by atoms with Gasteiger partial charge in [-0.15, -0.1) is 0 Å². The largest absolute Gasteiger partial charge is 0.485 e. The van der Waals surface area contributed by atoms with Gasteiger partial charge in [-0.25, -0.2) is 4.98 Å². The molecule has 0 spiro atoms. The standard InChI is InChI=1S/C24H21BrN4O2/c1-16-13-21(17(2)29(16)20-6-3-5-19(25)14-20)24(30)28-23-22(7-4-10-27-23)31-15-18-8-11-26-12-9-18/h3-14H,15H2,1-2H3,(H,27,28,30). The second kappa shape index (κ2) is 9.14. The van der Waals surface area contributed by atoms with Crippen molar-refractivity contribution in [1.82, 2.24) is 14.5 Å². The molecule has 156 valence electrons. The van der Waals surface area contributed by atoms with Crippen molar-refractivity contribution in [3.8, 4) is 11.4 Å². The lowest BCUT2D eigenvalue weighted by Gasteiger charge is -2.12. The Balaban J connectivity index is 1.56. The van der Waals surface area contributed by atoms with Crippen LogP contribution in [0, 0.1) is 13.8 Å². The summed E-state index contributed by atoms with van der Waals surface area (Å²) >= 11 is 3.51. The molecule has 3 heterocycles. The summed E-state index contributed by atoms with van der Waals surface area (Å²) in [6.07, 6.45) is 5.05. The third-order valence-electron chi connectivity index (χ3n) is 4.89. The molecule has 1 aromatic carbocycles. The number of benzene rings is 1. The van der Waals surface area contributed by atoms with E-state index in [1.165, 1.54) is 0 Å². The summed E-state index contributed by atoms with van der Waals surface area (Å²) in [7, 11) is 0. The smallest absolute Gasteiger partial charge is 0.258 e. The zero-order valence-electron chi connectivity index (χ0n) is 17.2. The number of aryl methyl sites for hydroxylation is 1. The fraction of sp³-hybridized carbons (Fsp3) is 0.125. The maximum Gasteiger partial charge on any atom is 0.258 e. The summed E-state index contributed by atoms with van der Waals surface area (Å²) in [5.41, 5.74) is 4.37. The Labute approximate surface area is 189 Å². The van der Waals surface area contributed by atoms with Gasteiger partial charge in [-0.05, 0) is 67.9 Å². The lowest BCUT2D eigenvalue weighted by Crippen LogP contribution is -2.15. The van der Waals surface area contributed by atoms with Crippen molar-refractivity contribution < 1.29 is 9.53 Å². The minimum Gasteiger partial charge on any atom is -0.485 e. The Morgan fingerprint density at radius 1 is 1.06 bits per heavy atom. The van der Waals surface area contributed by atoms with Crippen LogP contribution in [-0.4, -0.2) is 20.4 Å². The molecule has 0 unspecified atom stereocenters. The van der Waals surface area contributed by atoms with Crippen LogP contribution >= 0.6 is 15.9 Å². The average molecular weight is 477 g/mol. The average Bonchev–Trinajstić information content (AvgIpc) is 3.08. The minimum absolute atomic E-state index is 0.234. The summed E-state index contributed by atoms with van der Waals surface area (Å²) in [6, 6.07) is 17.2. The minimum atomic E-state index is -0.234. The predicted octanol–water partition coefficient (Wildman–Crippen LogP) is 5.48. The van der Waals surface area contributed by atoms with Crippen LogP contribution in [0.3, 0.4) is 0 Å². The van der Waals surface area contributed by atoms with Crippen molar-refractivity contribution in [1.29, 1.82) is 0 Å². The topological polar surface area (TPSA) is 69.0 Å². The molecule has 0 bridgehead atoms. The number of amides is 1. The SMILES string of the molecule is Cc1cc(C(=O)Nc2ncccc2OCc2ccncc2)c(C)n1-c1cccc(Br)c1. The molecule has 1 amide bonds. The first-order chi connectivity index (χ1) is 15.0. The molecule has 0 atom stereocenters. The van der Waals surface area contributed by atoms with Crippen LogP contribution in [0.5, 0.6) is 5.75 Å². The number of carbonyl (C=O) groups excluding carboxylic acids is 1. The third kappa shape index (κ3) is 4.67. The molecule has 7 heteroatoms. The molecule has 0 aliphatic rings. The van der Waals surface area contributed by atoms with Gasteiger partial charge < -0.3 is 14.6 Å². The van der Waals surface area contributed by atoms with Gasteiger partial charge in [-0.1, -0.05) is 22.0 Å². The van der Waals surface area contributed by atoms with E-state index in [1.807, 2.05) is 56.3 Å². The lowest BCUT2D eigenvalue weighted by molar-refractivity contribution is 0.102. The normalized spacial score (nSPS) is 10.7. The van der Waals surface area contributed by atoms with Gasteiger partial charge in [0.1, 0.15) is 6.61 Å². The molecular weight excluding hydrogens is 456 g/mol. The van der Waals surface area contributed by atoms with Crippen molar-refractivity contribution in [2.75, 3.05) is 5.32 Å². The van der Waals surface area contributed by atoms with Crippen molar-refractivity contribution in [2.45, 2.75) is 20.5 Å². The Kier molecular flexibility index (Phi) is 6.13. The number of hydrogen-bond donors (Lipinski definition) is 1. The molecule has 0 fully saturated rings. The molecule has 6 nitrogen and oxygen atoms in total. The van der Waals surface area contributed by atoms with E-state index in [0.29, 0.717) is 23.7 Å². The third-order valence-corrected chi connectivity index (χ3v) is 5.38. The molecule has 4 rings (SSSR count). The van der Waals surface area contributed by atoms with Crippen molar-refractivity contribution in [3.63, 3.8) is 0 Å². The highest BCUT2D eigenvalue weighted by Gasteiger charge is 2.18. The Bertz CT molecular complexity index is 1220. The van der Waals surface area contributed by atoms with Gasteiger partial charge in [0, 0.05) is 40.1 Å². The molecular formula is C24H21BrN4O2. The van der Waals surface area contributed by atoms with E-state index in [4.69, 9.17) is 4.74 Å². The van der Waals surface area contributed by atoms with E-state index in [9.17, 15) is 4.79 Å². The van der Waals surface area contributed by atoms with E-state index in [0.717, 1.165) is 27.1 Å². The number of anilines is 1. The second-order valence-corrected chi connectivity index (χ2v) is 7.96. The number of rotatable bonds is 6. The van der Waals surface area contributed by atoms with Gasteiger partial charge in [0.15, 0.2) is 11.6 Å². The van der Waals surface area contributed by atoms with Gasteiger partial charge in [-0.3, -0.25) is 9.78 Å². The molecule has 4 aromatic rings. The van der Waals surface area contributed by atoms with Crippen LogP contribution in [0.4, 0.5) is 5.82 Å². The van der Waals surface area contributed by atoms with Crippen molar-refractivity contribution in [2.24, 2.45) is 0 Å². The summed E-state index contributed by atoms with van der Waals surface area (Å²) in [6.45, 7) is 4.27. The van der Waals surface area contributed by atoms with Gasteiger partial charge in [0.25, 0.3) is 5.91 Å². The first-order valence-corrected chi connectivity index (χ1v) is 10.5. The van der Waals surface area contributed by atoms with Crippen LogP contribution in [0.1, 0.15) is 27.3 Å². The van der Waals surface area contributed by atoms with E-state index < -0.39 is 0 Å². The predicted molar refractivity (Wildman–Crippen MR) is 124 cm³/mol. The zero-order valence-corrected chi connectivity index (χ0v) is 18.8. The van der Waals surface area contributed by atoms with E-state index >= 15 is 0 Å². The number of carbonyl (C=O) groups is 1. The Morgan fingerprint density at radius 3 is 2.65 bits per heavy atom. The van der Waals surface area contributed by atoms with E-state index in [-0.39, 0.29) is 5.91 Å². The molecule has 0 radical (unpaired) electrons. The Morgan fingerprint density at radius 2 is 1.87 bits per heavy atom. The van der Waals surface area contributed by atoms with E-state index in [2.05, 4.69) is 35.8 Å².